The maximum atomic E-state index is 12.8. The molecule has 2 N–H and O–H groups in total. The highest BCUT2D eigenvalue weighted by atomic mass is 19.4. The third-order valence-corrected chi connectivity index (χ3v) is 4.38. The summed E-state index contributed by atoms with van der Waals surface area (Å²) in [7, 11) is 0. The molecule has 0 aromatic heterocycles. The lowest BCUT2D eigenvalue weighted by atomic mass is 10.2. The molecule has 0 saturated carbocycles. The number of carbonyl (C=O) groups is 2. The summed E-state index contributed by atoms with van der Waals surface area (Å²) in [5.74, 6) is -0.600. The minimum atomic E-state index is -4.52. The molecule has 0 fully saturated rings. The molecule has 2 aromatic carbocycles. The predicted molar refractivity (Wildman–Crippen MR) is 109 cm³/mol. The van der Waals surface area contributed by atoms with Crippen LogP contribution in [0.2, 0.25) is 0 Å². The third-order valence-electron chi connectivity index (χ3n) is 4.38. The average Bonchev–Trinajstić information content (AvgIpc) is 2.71. The van der Waals surface area contributed by atoms with Gasteiger partial charge < -0.3 is 20.3 Å². The van der Waals surface area contributed by atoms with Crippen molar-refractivity contribution < 1.29 is 27.5 Å². The number of anilines is 2. The van der Waals surface area contributed by atoms with Crippen LogP contribution in [0.3, 0.4) is 0 Å². The molecule has 2 rings (SSSR count). The van der Waals surface area contributed by atoms with Gasteiger partial charge in [0.2, 0.25) is 0 Å². The van der Waals surface area contributed by atoms with Crippen LogP contribution in [0, 0.1) is 0 Å². The first-order valence-electron chi connectivity index (χ1n) is 9.48. The molecule has 162 valence electrons. The number of benzene rings is 2. The lowest BCUT2D eigenvalue weighted by Crippen LogP contribution is -2.28. The van der Waals surface area contributed by atoms with Crippen molar-refractivity contribution >= 4 is 23.4 Å². The minimum absolute atomic E-state index is 0.0263. The molecule has 0 bridgehead atoms. The van der Waals surface area contributed by atoms with Crippen molar-refractivity contribution in [2.45, 2.75) is 20.0 Å². The summed E-state index contributed by atoms with van der Waals surface area (Å²) in [5, 5.41) is 4.81. The molecule has 0 aliphatic heterocycles. The first-order valence-corrected chi connectivity index (χ1v) is 9.48. The van der Waals surface area contributed by atoms with Gasteiger partial charge in [-0.15, -0.1) is 0 Å². The largest absolute Gasteiger partial charge is 0.461 e. The molecule has 0 atom stereocenters. The van der Waals surface area contributed by atoms with E-state index in [1.807, 2.05) is 13.8 Å². The van der Waals surface area contributed by atoms with Crippen LogP contribution in [-0.4, -0.2) is 43.1 Å². The monoisotopic (exact) mass is 423 g/mol. The Labute approximate surface area is 173 Å². The number of ether oxygens (including phenoxy) is 1. The van der Waals surface area contributed by atoms with Gasteiger partial charge in [0.05, 0.1) is 16.8 Å². The van der Waals surface area contributed by atoms with E-state index in [-0.39, 0.29) is 23.5 Å². The van der Waals surface area contributed by atoms with E-state index in [4.69, 9.17) is 4.74 Å². The number of para-hydroxylation sites is 1. The number of amides is 2. The second-order valence-corrected chi connectivity index (χ2v) is 6.37. The summed E-state index contributed by atoms with van der Waals surface area (Å²) in [4.78, 5) is 26.7. The molecule has 9 heteroatoms. The van der Waals surface area contributed by atoms with Crippen molar-refractivity contribution in [2.24, 2.45) is 0 Å². The Bertz CT molecular complexity index is 868. The standard InChI is InChI=1S/C21H24F3N3O3/c1-3-27(4-2)12-13-30-19(28)17-10-5-6-11-18(17)26-20(29)25-16-9-7-8-15(14-16)21(22,23)24/h5-11,14H,3-4,12-13H2,1-2H3,(H2,25,26,29). The number of esters is 1. The zero-order valence-electron chi connectivity index (χ0n) is 16.8. The number of likely N-dealkylation sites (N-methyl/N-ethyl adjacent to an activating group) is 1. The molecule has 30 heavy (non-hydrogen) atoms. The van der Waals surface area contributed by atoms with E-state index in [1.165, 1.54) is 24.3 Å². The fourth-order valence-electron chi connectivity index (χ4n) is 2.71. The predicted octanol–water partition coefficient (Wildman–Crippen LogP) is 4.85. The van der Waals surface area contributed by atoms with Crippen LogP contribution in [-0.2, 0) is 10.9 Å². The molecule has 6 nitrogen and oxygen atoms in total. The Morgan fingerprint density at radius 2 is 1.70 bits per heavy atom. The van der Waals surface area contributed by atoms with Gasteiger partial charge in [0.25, 0.3) is 0 Å². The van der Waals surface area contributed by atoms with E-state index in [0.29, 0.717) is 6.54 Å². The summed E-state index contributed by atoms with van der Waals surface area (Å²) in [6, 6.07) is 9.73. The van der Waals surface area contributed by atoms with Gasteiger partial charge in [0.1, 0.15) is 6.61 Å². The van der Waals surface area contributed by atoms with Crippen molar-refractivity contribution in [1.29, 1.82) is 0 Å². The number of nitrogens with zero attached hydrogens (tertiary/aromatic N) is 1. The zero-order chi connectivity index (χ0) is 22.1. The first kappa shape index (κ1) is 23.2. The highest BCUT2D eigenvalue weighted by molar-refractivity contribution is 6.05. The summed E-state index contributed by atoms with van der Waals surface area (Å²) in [5.41, 5.74) is -0.565. The van der Waals surface area contributed by atoms with Crippen LogP contribution >= 0.6 is 0 Å². The Kier molecular flexibility index (Phi) is 8.23. The molecule has 0 spiro atoms. The number of nitrogens with one attached hydrogen (secondary N) is 2. The van der Waals surface area contributed by atoms with Gasteiger partial charge in [-0.1, -0.05) is 32.0 Å². The maximum absolute atomic E-state index is 12.8. The van der Waals surface area contributed by atoms with Crippen molar-refractivity contribution in [3.63, 3.8) is 0 Å². The molecule has 2 aromatic rings. The SMILES string of the molecule is CCN(CC)CCOC(=O)c1ccccc1NC(=O)Nc1cccc(C(F)(F)F)c1. The van der Waals surface area contributed by atoms with Gasteiger partial charge in [-0.25, -0.2) is 9.59 Å². The van der Waals surface area contributed by atoms with E-state index in [1.54, 1.807) is 12.1 Å². The van der Waals surface area contributed by atoms with Gasteiger partial charge in [0.15, 0.2) is 0 Å². The Hall–Kier alpha value is -3.07. The second kappa shape index (κ2) is 10.6. The summed E-state index contributed by atoms with van der Waals surface area (Å²) >= 11 is 0. The van der Waals surface area contributed by atoms with Gasteiger partial charge in [-0.05, 0) is 43.4 Å². The van der Waals surface area contributed by atoms with Gasteiger partial charge in [-0.2, -0.15) is 13.2 Å². The number of halogens is 3. The van der Waals surface area contributed by atoms with Crippen molar-refractivity contribution in [1.82, 2.24) is 4.90 Å². The Morgan fingerprint density at radius 1 is 1.00 bits per heavy atom. The van der Waals surface area contributed by atoms with Crippen LogP contribution < -0.4 is 10.6 Å². The van der Waals surface area contributed by atoms with E-state index in [0.717, 1.165) is 25.2 Å². The highest BCUT2D eigenvalue weighted by Crippen LogP contribution is 2.30. The lowest BCUT2D eigenvalue weighted by Gasteiger charge is -2.18. The van der Waals surface area contributed by atoms with Crippen LogP contribution in [0.15, 0.2) is 48.5 Å². The number of carbonyl (C=O) groups excluding carboxylic acids is 2. The summed E-state index contributed by atoms with van der Waals surface area (Å²) in [6.07, 6.45) is -4.52. The minimum Gasteiger partial charge on any atom is -0.461 e. The fourth-order valence-corrected chi connectivity index (χ4v) is 2.71. The van der Waals surface area contributed by atoms with Crippen molar-refractivity contribution in [2.75, 3.05) is 36.9 Å². The molecule has 0 saturated heterocycles. The molecular formula is C21H24F3N3O3. The van der Waals surface area contributed by atoms with Crippen LogP contribution in [0.25, 0.3) is 0 Å². The highest BCUT2D eigenvalue weighted by Gasteiger charge is 2.30. The average molecular weight is 423 g/mol. The molecule has 0 heterocycles. The Balaban J connectivity index is 2.02. The number of alkyl halides is 3. The van der Waals surface area contributed by atoms with Crippen molar-refractivity contribution in [3.05, 3.63) is 59.7 Å². The quantitative estimate of drug-likeness (QED) is 0.596. The van der Waals surface area contributed by atoms with E-state index >= 15 is 0 Å². The molecule has 0 aliphatic rings. The van der Waals surface area contributed by atoms with Gasteiger partial charge in [0, 0.05) is 12.2 Å². The van der Waals surface area contributed by atoms with Crippen LogP contribution in [0.1, 0.15) is 29.8 Å². The van der Waals surface area contributed by atoms with Crippen LogP contribution in [0.5, 0.6) is 0 Å². The van der Waals surface area contributed by atoms with Crippen molar-refractivity contribution in [3.8, 4) is 0 Å². The third kappa shape index (κ3) is 6.77. The summed E-state index contributed by atoms with van der Waals surface area (Å²) in [6.45, 7) is 6.47. The fraction of sp³-hybridized carbons (Fsp3) is 0.333. The molecule has 0 aliphatic carbocycles. The molecule has 0 unspecified atom stereocenters. The molecule has 0 radical (unpaired) electrons. The van der Waals surface area contributed by atoms with Crippen LogP contribution in [0.4, 0.5) is 29.3 Å². The van der Waals surface area contributed by atoms with Gasteiger partial charge >= 0.3 is 18.2 Å². The van der Waals surface area contributed by atoms with E-state index in [9.17, 15) is 22.8 Å². The Morgan fingerprint density at radius 3 is 2.37 bits per heavy atom. The number of hydrogen-bond donors (Lipinski definition) is 2. The summed E-state index contributed by atoms with van der Waals surface area (Å²) < 4.78 is 43.7. The van der Waals surface area contributed by atoms with Gasteiger partial charge in [-0.3, -0.25) is 0 Å². The number of hydrogen-bond acceptors (Lipinski definition) is 4. The normalized spacial score (nSPS) is 11.3. The lowest BCUT2D eigenvalue weighted by molar-refractivity contribution is -0.137. The first-order chi connectivity index (χ1) is 14.2. The number of rotatable bonds is 8. The topological polar surface area (TPSA) is 70.7 Å². The molecule has 2 amide bonds. The van der Waals surface area contributed by atoms with E-state index in [2.05, 4.69) is 15.5 Å². The molecular weight excluding hydrogens is 399 g/mol. The number of urea groups is 1. The zero-order valence-corrected chi connectivity index (χ0v) is 16.8. The smallest absolute Gasteiger partial charge is 0.416 e. The maximum Gasteiger partial charge on any atom is 0.416 e. The van der Waals surface area contributed by atoms with E-state index < -0.39 is 23.7 Å². The second-order valence-electron chi connectivity index (χ2n) is 6.37.